The van der Waals surface area contributed by atoms with Crippen LogP contribution in [0, 0.1) is 0 Å². The fraction of sp³-hybridized carbons (Fsp3) is 0.107. The van der Waals surface area contributed by atoms with E-state index < -0.39 is 18.0 Å². The summed E-state index contributed by atoms with van der Waals surface area (Å²) in [6, 6.07) is 23.2. The number of nitrogens with zero attached hydrogens (tertiary/aromatic N) is 1. The molecule has 180 valence electrons. The molecule has 0 bridgehead atoms. The molecule has 0 spiro atoms. The van der Waals surface area contributed by atoms with Gasteiger partial charge in [0.1, 0.15) is 11.3 Å². The zero-order valence-electron chi connectivity index (χ0n) is 19.4. The molecule has 4 aromatic carbocycles. The largest absolute Gasteiger partial charge is 0.495 e. The topological polar surface area (TPSA) is 90.7 Å². The number of rotatable bonds is 6. The van der Waals surface area contributed by atoms with Gasteiger partial charge < -0.3 is 19.2 Å². The van der Waals surface area contributed by atoms with Gasteiger partial charge in [-0.25, -0.2) is 9.78 Å². The molecule has 1 unspecified atom stereocenters. The predicted octanol–water partition coefficient (Wildman–Crippen LogP) is 6.49. The number of esters is 1. The molecule has 8 heteroatoms. The maximum Gasteiger partial charge on any atom is 0.339 e. The van der Waals surface area contributed by atoms with Gasteiger partial charge >= 0.3 is 5.97 Å². The van der Waals surface area contributed by atoms with Crippen molar-refractivity contribution in [1.82, 2.24) is 4.98 Å². The Morgan fingerprint density at radius 1 is 1.00 bits per heavy atom. The average molecular weight is 501 g/mol. The van der Waals surface area contributed by atoms with E-state index >= 15 is 0 Å². The Kier molecular flexibility index (Phi) is 6.31. The Morgan fingerprint density at radius 3 is 2.53 bits per heavy atom. The van der Waals surface area contributed by atoms with Gasteiger partial charge in [-0.3, -0.25) is 4.79 Å². The summed E-state index contributed by atoms with van der Waals surface area (Å²) >= 11 is 6.13. The Balaban J connectivity index is 1.42. The van der Waals surface area contributed by atoms with Crippen LogP contribution in [0.15, 0.2) is 83.3 Å². The van der Waals surface area contributed by atoms with Gasteiger partial charge in [-0.05, 0) is 54.8 Å². The van der Waals surface area contributed by atoms with E-state index in [1.807, 2.05) is 48.5 Å². The maximum absolute atomic E-state index is 13.2. The smallest absolute Gasteiger partial charge is 0.339 e. The van der Waals surface area contributed by atoms with Gasteiger partial charge in [-0.1, -0.05) is 48.0 Å². The highest BCUT2D eigenvalue weighted by molar-refractivity contribution is 6.32. The number of halogens is 1. The SMILES string of the molecule is COc1ccc(NC(=O)C(C)OC(=O)c2cccc3cccc(-c4nc5ccccc5o4)c23)cc1Cl. The number of fused-ring (bicyclic) bond motifs is 2. The molecular formula is C28H21ClN2O5. The molecule has 1 heterocycles. The van der Waals surface area contributed by atoms with Gasteiger partial charge in [0.25, 0.3) is 5.91 Å². The molecule has 36 heavy (non-hydrogen) atoms. The molecular weight excluding hydrogens is 480 g/mol. The molecule has 5 aromatic rings. The van der Waals surface area contributed by atoms with Crippen molar-refractivity contribution >= 4 is 51.0 Å². The van der Waals surface area contributed by atoms with Crippen molar-refractivity contribution in [3.8, 4) is 17.2 Å². The molecule has 7 nitrogen and oxygen atoms in total. The maximum atomic E-state index is 13.2. The summed E-state index contributed by atoms with van der Waals surface area (Å²) in [5.41, 5.74) is 2.78. The molecule has 0 aliphatic heterocycles. The third kappa shape index (κ3) is 4.48. The molecule has 5 rings (SSSR count). The molecule has 1 amide bonds. The van der Waals surface area contributed by atoms with Crippen LogP contribution in [0.2, 0.25) is 5.02 Å². The van der Waals surface area contributed by atoms with Crippen LogP contribution in [0.4, 0.5) is 5.69 Å². The van der Waals surface area contributed by atoms with Crippen molar-refractivity contribution in [2.24, 2.45) is 0 Å². The lowest BCUT2D eigenvalue weighted by Crippen LogP contribution is -2.30. The minimum absolute atomic E-state index is 0.303. The summed E-state index contributed by atoms with van der Waals surface area (Å²) < 4.78 is 16.6. The molecule has 1 atom stereocenters. The monoisotopic (exact) mass is 500 g/mol. The summed E-state index contributed by atoms with van der Waals surface area (Å²) in [4.78, 5) is 30.5. The quantitative estimate of drug-likeness (QED) is 0.268. The zero-order valence-corrected chi connectivity index (χ0v) is 20.2. The van der Waals surface area contributed by atoms with Crippen molar-refractivity contribution in [3.63, 3.8) is 0 Å². The number of anilines is 1. The van der Waals surface area contributed by atoms with Crippen LogP contribution >= 0.6 is 11.6 Å². The number of hydrogen-bond acceptors (Lipinski definition) is 6. The van der Waals surface area contributed by atoms with Gasteiger partial charge in [0.05, 0.1) is 17.7 Å². The average Bonchev–Trinajstić information content (AvgIpc) is 3.32. The second-order valence-corrected chi connectivity index (χ2v) is 8.49. The fourth-order valence-corrected chi connectivity index (χ4v) is 4.20. The Morgan fingerprint density at radius 2 is 1.78 bits per heavy atom. The molecule has 1 N–H and O–H groups in total. The van der Waals surface area contributed by atoms with Crippen LogP contribution in [-0.2, 0) is 9.53 Å². The number of methoxy groups -OCH3 is 1. The second-order valence-electron chi connectivity index (χ2n) is 8.08. The number of carbonyl (C=O) groups excluding carboxylic acids is 2. The third-order valence-electron chi connectivity index (χ3n) is 5.72. The molecule has 0 aliphatic rings. The van der Waals surface area contributed by atoms with Crippen LogP contribution in [0.25, 0.3) is 33.3 Å². The molecule has 0 aliphatic carbocycles. The third-order valence-corrected chi connectivity index (χ3v) is 6.02. The van der Waals surface area contributed by atoms with Crippen molar-refractivity contribution in [3.05, 3.63) is 89.4 Å². The molecule has 0 saturated heterocycles. The lowest BCUT2D eigenvalue weighted by Gasteiger charge is -2.15. The van der Waals surface area contributed by atoms with Gasteiger partial charge in [0.15, 0.2) is 11.7 Å². The number of carbonyl (C=O) groups is 2. The van der Waals surface area contributed by atoms with Crippen molar-refractivity contribution in [2.45, 2.75) is 13.0 Å². The van der Waals surface area contributed by atoms with E-state index in [0.717, 1.165) is 5.39 Å². The molecule has 1 aromatic heterocycles. The lowest BCUT2D eigenvalue weighted by atomic mass is 9.99. The summed E-state index contributed by atoms with van der Waals surface area (Å²) in [6.07, 6.45) is -1.06. The van der Waals surface area contributed by atoms with E-state index in [0.29, 0.717) is 50.0 Å². The first-order chi connectivity index (χ1) is 17.4. The summed E-state index contributed by atoms with van der Waals surface area (Å²) in [5.74, 6) is -0.257. The summed E-state index contributed by atoms with van der Waals surface area (Å²) in [6.45, 7) is 1.51. The highest BCUT2D eigenvalue weighted by Crippen LogP contribution is 2.33. The first-order valence-electron chi connectivity index (χ1n) is 11.2. The van der Waals surface area contributed by atoms with Crippen LogP contribution in [0.5, 0.6) is 5.75 Å². The number of amides is 1. The number of nitrogens with one attached hydrogen (secondary N) is 1. The van der Waals surface area contributed by atoms with Crippen molar-refractivity contribution < 1.29 is 23.5 Å². The van der Waals surface area contributed by atoms with E-state index in [2.05, 4.69) is 10.3 Å². The summed E-state index contributed by atoms with van der Waals surface area (Å²) in [7, 11) is 1.50. The number of benzene rings is 4. The Bertz CT molecular complexity index is 1570. The van der Waals surface area contributed by atoms with E-state index in [1.165, 1.54) is 14.0 Å². The van der Waals surface area contributed by atoms with Gasteiger partial charge in [0.2, 0.25) is 5.89 Å². The summed E-state index contributed by atoms with van der Waals surface area (Å²) in [5, 5.41) is 4.49. The minimum atomic E-state index is -1.06. The number of aromatic nitrogens is 1. The molecule has 0 saturated carbocycles. The van der Waals surface area contributed by atoms with E-state index in [4.69, 9.17) is 25.5 Å². The van der Waals surface area contributed by atoms with Gasteiger partial charge in [-0.2, -0.15) is 0 Å². The zero-order chi connectivity index (χ0) is 25.2. The van der Waals surface area contributed by atoms with Crippen molar-refractivity contribution in [2.75, 3.05) is 12.4 Å². The lowest BCUT2D eigenvalue weighted by molar-refractivity contribution is -0.123. The Labute approximate surface area is 211 Å². The van der Waals surface area contributed by atoms with Crippen molar-refractivity contribution in [1.29, 1.82) is 0 Å². The van der Waals surface area contributed by atoms with E-state index in [1.54, 1.807) is 30.3 Å². The number of ether oxygens (including phenoxy) is 2. The first-order valence-corrected chi connectivity index (χ1v) is 11.6. The van der Waals surface area contributed by atoms with E-state index in [9.17, 15) is 9.59 Å². The van der Waals surface area contributed by atoms with Gasteiger partial charge in [0, 0.05) is 16.6 Å². The standard InChI is InChI=1S/C28H21ClN2O5/c1-16(26(32)30-18-13-14-23(34-2)21(29)15-18)35-28(33)20-10-6-8-17-7-5-9-19(25(17)20)27-31-22-11-3-4-12-24(22)36-27/h3-16H,1-2H3,(H,30,32). The number of oxazole rings is 1. The van der Waals surface area contributed by atoms with Crippen LogP contribution in [-0.4, -0.2) is 30.1 Å². The normalized spacial score (nSPS) is 11.9. The number of para-hydroxylation sites is 2. The molecule has 0 radical (unpaired) electrons. The fourth-order valence-electron chi connectivity index (χ4n) is 3.94. The van der Waals surface area contributed by atoms with Crippen LogP contribution < -0.4 is 10.1 Å². The molecule has 0 fully saturated rings. The highest BCUT2D eigenvalue weighted by Gasteiger charge is 2.23. The Hall–Kier alpha value is -4.36. The van der Waals surface area contributed by atoms with Gasteiger partial charge in [-0.15, -0.1) is 0 Å². The predicted molar refractivity (Wildman–Crippen MR) is 138 cm³/mol. The number of hydrogen-bond donors (Lipinski definition) is 1. The minimum Gasteiger partial charge on any atom is -0.495 e. The van der Waals surface area contributed by atoms with Crippen LogP contribution in [0.3, 0.4) is 0 Å². The first kappa shape index (κ1) is 23.4. The second kappa shape index (κ2) is 9.71. The van der Waals surface area contributed by atoms with Crippen LogP contribution in [0.1, 0.15) is 17.3 Å². The van der Waals surface area contributed by atoms with E-state index in [-0.39, 0.29) is 0 Å². The highest BCUT2D eigenvalue weighted by atomic mass is 35.5.